The van der Waals surface area contributed by atoms with Crippen molar-refractivity contribution in [1.82, 2.24) is 15.2 Å². The molecule has 5 heteroatoms. The van der Waals surface area contributed by atoms with Gasteiger partial charge in [0.1, 0.15) is 0 Å². The number of benzene rings is 1. The molecule has 0 radical (unpaired) electrons. The first-order valence-electron chi connectivity index (χ1n) is 6.25. The van der Waals surface area contributed by atoms with Crippen LogP contribution in [0.5, 0.6) is 0 Å². The van der Waals surface area contributed by atoms with Crippen molar-refractivity contribution in [1.29, 1.82) is 0 Å². The van der Waals surface area contributed by atoms with Gasteiger partial charge in [0.05, 0.1) is 5.02 Å². The van der Waals surface area contributed by atoms with Crippen molar-refractivity contribution in [2.45, 2.75) is 13.0 Å². The topological polar surface area (TPSA) is 48.1 Å². The molecule has 1 aromatic carbocycles. The second-order valence-electron chi connectivity index (χ2n) is 4.68. The average molecular weight is 280 g/mol. The van der Waals surface area contributed by atoms with Crippen molar-refractivity contribution in [2.24, 2.45) is 0 Å². The summed E-state index contributed by atoms with van der Waals surface area (Å²) in [5.41, 5.74) is 1.99. The number of aromatic nitrogens is 1. The summed E-state index contributed by atoms with van der Waals surface area (Å²) in [4.78, 5) is 16.3. The van der Waals surface area contributed by atoms with Gasteiger partial charge < -0.3 is 15.2 Å². The summed E-state index contributed by atoms with van der Waals surface area (Å²) in [5, 5.41) is 5.01. The number of halogens is 1. The van der Waals surface area contributed by atoms with Gasteiger partial charge in [-0.1, -0.05) is 29.8 Å². The molecule has 1 heterocycles. The number of H-pyrrole nitrogens is 1. The number of amides is 1. The molecular weight excluding hydrogens is 262 g/mol. The molecular formula is C14H18ClN3O. The molecule has 0 aliphatic heterocycles. The van der Waals surface area contributed by atoms with Gasteiger partial charge in [0.25, 0.3) is 0 Å². The molecule has 0 fully saturated rings. The predicted molar refractivity (Wildman–Crippen MR) is 78.3 cm³/mol. The van der Waals surface area contributed by atoms with Gasteiger partial charge in [-0.05, 0) is 6.07 Å². The third-order valence-electron chi connectivity index (χ3n) is 3.03. The standard InChI is InChI=1S/C14H18ClN3O/c1-18(2)13(19)7-8-16-9-12-14(15)10-5-3-4-6-11(10)17-12/h3-6,16-17H,7-9H2,1-2H3. The largest absolute Gasteiger partial charge is 0.356 e. The molecule has 0 unspecified atom stereocenters. The second kappa shape index (κ2) is 6.08. The van der Waals surface area contributed by atoms with Gasteiger partial charge in [0, 0.05) is 50.2 Å². The Morgan fingerprint density at radius 3 is 2.79 bits per heavy atom. The molecule has 0 bridgehead atoms. The minimum absolute atomic E-state index is 0.121. The maximum atomic E-state index is 11.4. The Hall–Kier alpha value is -1.52. The third-order valence-corrected chi connectivity index (χ3v) is 3.46. The number of aromatic amines is 1. The number of nitrogens with one attached hydrogen (secondary N) is 2. The van der Waals surface area contributed by atoms with Crippen LogP contribution in [-0.4, -0.2) is 36.4 Å². The van der Waals surface area contributed by atoms with Crippen molar-refractivity contribution in [3.8, 4) is 0 Å². The van der Waals surface area contributed by atoms with Crippen molar-refractivity contribution < 1.29 is 4.79 Å². The highest BCUT2D eigenvalue weighted by molar-refractivity contribution is 6.36. The number of nitrogens with zero attached hydrogens (tertiary/aromatic N) is 1. The molecule has 102 valence electrons. The van der Waals surface area contributed by atoms with Gasteiger partial charge in [-0.2, -0.15) is 0 Å². The molecule has 4 nitrogen and oxygen atoms in total. The minimum atomic E-state index is 0.121. The first-order valence-corrected chi connectivity index (χ1v) is 6.63. The third kappa shape index (κ3) is 3.28. The van der Waals surface area contributed by atoms with E-state index in [2.05, 4.69) is 10.3 Å². The smallest absolute Gasteiger partial charge is 0.223 e. The number of hydrogen-bond donors (Lipinski definition) is 2. The van der Waals surface area contributed by atoms with Gasteiger partial charge >= 0.3 is 0 Å². The number of rotatable bonds is 5. The quantitative estimate of drug-likeness (QED) is 0.826. The molecule has 19 heavy (non-hydrogen) atoms. The zero-order valence-electron chi connectivity index (χ0n) is 11.2. The fraction of sp³-hybridized carbons (Fsp3) is 0.357. The summed E-state index contributed by atoms with van der Waals surface area (Å²) in [6.45, 7) is 1.27. The van der Waals surface area contributed by atoms with Crippen LogP contribution in [0.2, 0.25) is 5.02 Å². The van der Waals surface area contributed by atoms with Gasteiger partial charge in [-0.3, -0.25) is 4.79 Å². The molecule has 2 aromatic rings. The van der Waals surface area contributed by atoms with Crippen LogP contribution in [0.3, 0.4) is 0 Å². The van der Waals surface area contributed by atoms with Crippen LogP contribution in [0.4, 0.5) is 0 Å². The maximum absolute atomic E-state index is 11.4. The van der Waals surface area contributed by atoms with Crippen LogP contribution in [0.1, 0.15) is 12.1 Å². The molecule has 0 saturated carbocycles. The van der Waals surface area contributed by atoms with E-state index in [1.54, 1.807) is 19.0 Å². The van der Waals surface area contributed by atoms with Crippen LogP contribution in [-0.2, 0) is 11.3 Å². The van der Waals surface area contributed by atoms with E-state index < -0.39 is 0 Å². The number of hydrogen-bond acceptors (Lipinski definition) is 2. The van der Waals surface area contributed by atoms with Crippen molar-refractivity contribution in [3.05, 3.63) is 35.0 Å². The van der Waals surface area contributed by atoms with E-state index >= 15 is 0 Å². The van der Waals surface area contributed by atoms with E-state index in [0.29, 0.717) is 19.5 Å². The predicted octanol–water partition coefficient (Wildman–Crippen LogP) is 2.39. The number of para-hydroxylation sites is 1. The second-order valence-corrected chi connectivity index (χ2v) is 5.06. The Kier molecular flexibility index (Phi) is 4.45. The number of fused-ring (bicyclic) bond motifs is 1. The molecule has 0 atom stereocenters. The SMILES string of the molecule is CN(C)C(=O)CCNCc1[nH]c2ccccc2c1Cl. The van der Waals surface area contributed by atoms with Crippen LogP contribution < -0.4 is 5.32 Å². The summed E-state index contributed by atoms with van der Waals surface area (Å²) in [7, 11) is 3.52. The Morgan fingerprint density at radius 1 is 1.37 bits per heavy atom. The van der Waals surface area contributed by atoms with Gasteiger partial charge in [0.15, 0.2) is 0 Å². The maximum Gasteiger partial charge on any atom is 0.223 e. The van der Waals surface area contributed by atoms with Crippen LogP contribution >= 0.6 is 11.6 Å². The van der Waals surface area contributed by atoms with Crippen molar-refractivity contribution in [2.75, 3.05) is 20.6 Å². The van der Waals surface area contributed by atoms with Crippen LogP contribution in [0, 0.1) is 0 Å². The molecule has 2 N–H and O–H groups in total. The molecule has 0 spiro atoms. The zero-order valence-corrected chi connectivity index (χ0v) is 11.9. The molecule has 0 saturated heterocycles. The molecule has 0 aliphatic rings. The summed E-state index contributed by atoms with van der Waals surface area (Å²) in [5.74, 6) is 0.121. The summed E-state index contributed by atoms with van der Waals surface area (Å²) in [6, 6.07) is 7.94. The monoisotopic (exact) mass is 279 g/mol. The summed E-state index contributed by atoms with van der Waals surface area (Å²) < 4.78 is 0. The lowest BCUT2D eigenvalue weighted by Gasteiger charge is -2.10. The van der Waals surface area contributed by atoms with E-state index in [9.17, 15) is 4.79 Å². The van der Waals surface area contributed by atoms with E-state index in [0.717, 1.165) is 21.6 Å². The van der Waals surface area contributed by atoms with Crippen LogP contribution in [0.15, 0.2) is 24.3 Å². The van der Waals surface area contributed by atoms with E-state index in [1.165, 1.54) is 0 Å². The number of carbonyl (C=O) groups excluding carboxylic acids is 1. The fourth-order valence-electron chi connectivity index (χ4n) is 1.92. The lowest BCUT2D eigenvalue weighted by molar-refractivity contribution is -0.128. The first-order chi connectivity index (χ1) is 9.09. The van der Waals surface area contributed by atoms with E-state index in [1.807, 2.05) is 24.3 Å². The Balaban J connectivity index is 1.92. The highest BCUT2D eigenvalue weighted by atomic mass is 35.5. The Morgan fingerprint density at radius 2 is 2.11 bits per heavy atom. The lowest BCUT2D eigenvalue weighted by atomic mass is 10.2. The zero-order chi connectivity index (χ0) is 13.8. The summed E-state index contributed by atoms with van der Waals surface area (Å²) in [6.07, 6.45) is 0.491. The molecule has 2 rings (SSSR count). The summed E-state index contributed by atoms with van der Waals surface area (Å²) >= 11 is 6.30. The number of carbonyl (C=O) groups is 1. The first kappa shape index (κ1) is 13.9. The highest BCUT2D eigenvalue weighted by Crippen LogP contribution is 2.26. The van der Waals surface area contributed by atoms with Crippen molar-refractivity contribution in [3.63, 3.8) is 0 Å². The van der Waals surface area contributed by atoms with Crippen LogP contribution in [0.25, 0.3) is 10.9 Å². The minimum Gasteiger partial charge on any atom is -0.356 e. The van der Waals surface area contributed by atoms with E-state index in [4.69, 9.17) is 11.6 Å². The molecule has 1 amide bonds. The molecule has 1 aromatic heterocycles. The van der Waals surface area contributed by atoms with Crippen molar-refractivity contribution >= 4 is 28.4 Å². The Bertz CT molecular complexity index is 577. The van der Waals surface area contributed by atoms with Gasteiger partial charge in [0.2, 0.25) is 5.91 Å². The fourth-order valence-corrected chi connectivity index (χ4v) is 2.20. The lowest BCUT2D eigenvalue weighted by Crippen LogP contribution is -2.26. The molecule has 0 aliphatic carbocycles. The van der Waals surface area contributed by atoms with E-state index in [-0.39, 0.29) is 5.91 Å². The van der Waals surface area contributed by atoms with Gasteiger partial charge in [-0.25, -0.2) is 0 Å². The van der Waals surface area contributed by atoms with Gasteiger partial charge in [-0.15, -0.1) is 0 Å². The normalized spacial score (nSPS) is 10.9. The average Bonchev–Trinajstić information content (AvgIpc) is 2.72. The Labute approximate surface area is 117 Å². The highest BCUT2D eigenvalue weighted by Gasteiger charge is 2.08.